The molecule has 1 aromatic heterocycles. The van der Waals surface area contributed by atoms with Crippen molar-refractivity contribution < 1.29 is 9.32 Å². The van der Waals surface area contributed by atoms with E-state index in [2.05, 4.69) is 24.3 Å². The molecule has 1 unspecified atom stereocenters. The Hall–Kier alpha value is -1.36. The zero-order valence-corrected chi connectivity index (χ0v) is 13.0. The summed E-state index contributed by atoms with van der Waals surface area (Å²) in [6.07, 6.45) is 3.19. The third-order valence-electron chi connectivity index (χ3n) is 5.16. The van der Waals surface area contributed by atoms with Crippen LogP contribution in [0.15, 0.2) is 10.6 Å². The Morgan fingerprint density at radius 1 is 1.43 bits per heavy atom. The third kappa shape index (κ3) is 2.98. The van der Waals surface area contributed by atoms with Crippen LogP contribution in [0.25, 0.3) is 0 Å². The molecular weight excluding hydrogens is 266 g/mol. The maximum atomic E-state index is 12.6. The lowest BCUT2D eigenvalue weighted by Crippen LogP contribution is -2.32. The van der Waals surface area contributed by atoms with Crippen LogP contribution >= 0.6 is 0 Å². The number of nitrogens with zero attached hydrogens (tertiary/aromatic N) is 2. The molecule has 1 aromatic rings. The summed E-state index contributed by atoms with van der Waals surface area (Å²) in [7, 11) is 0. The van der Waals surface area contributed by atoms with Gasteiger partial charge in [0.25, 0.3) is 5.91 Å². The molecule has 5 heteroatoms. The van der Waals surface area contributed by atoms with Gasteiger partial charge in [0.1, 0.15) is 0 Å². The van der Waals surface area contributed by atoms with E-state index < -0.39 is 0 Å². The van der Waals surface area contributed by atoms with Crippen LogP contribution in [-0.4, -0.2) is 42.1 Å². The highest BCUT2D eigenvalue weighted by atomic mass is 16.5. The second-order valence-corrected chi connectivity index (χ2v) is 6.47. The van der Waals surface area contributed by atoms with Crippen molar-refractivity contribution in [2.24, 2.45) is 11.8 Å². The number of nitrogens with one attached hydrogen (secondary N) is 1. The first-order valence-corrected chi connectivity index (χ1v) is 8.15. The van der Waals surface area contributed by atoms with Gasteiger partial charge >= 0.3 is 0 Å². The van der Waals surface area contributed by atoms with Crippen molar-refractivity contribution in [1.82, 2.24) is 15.4 Å². The fraction of sp³-hybridized carbons (Fsp3) is 0.750. The number of fused-ring (bicyclic) bond motifs is 1. The maximum absolute atomic E-state index is 12.6. The normalized spacial score (nSPS) is 27.2. The minimum absolute atomic E-state index is 0.00462. The van der Waals surface area contributed by atoms with E-state index in [1.165, 1.54) is 0 Å². The van der Waals surface area contributed by atoms with Crippen molar-refractivity contribution in [2.75, 3.05) is 26.2 Å². The number of hydrogen-bond donors (Lipinski definition) is 1. The fourth-order valence-electron chi connectivity index (χ4n) is 3.41. The zero-order chi connectivity index (χ0) is 14.8. The Labute approximate surface area is 126 Å². The summed E-state index contributed by atoms with van der Waals surface area (Å²) >= 11 is 0. The van der Waals surface area contributed by atoms with E-state index in [1.54, 1.807) is 0 Å². The third-order valence-corrected chi connectivity index (χ3v) is 5.16. The number of aromatic nitrogens is 1. The number of carbonyl (C=O) groups is 1. The van der Waals surface area contributed by atoms with E-state index >= 15 is 0 Å². The molecule has 0 aliphatic carbocycles. The van der Waals surface area contributed by atoms with E-state index in [9.17, 15) is 4.79 Å². The van der Waals surface area contributed by atoms with Crippen LogP contribution in [0, 0.1) is 11.8 Å². The number of carbonyl (C=O) groups excluding carboxylic acids is 1. The lowest BCUT2D eigenvalue weighted by atomic mass is 9.92. The van der Waals surface area contributed by atoms with Crippen LogP contribution < -0.4 is 5.32 Å². The van der Waals surface area contributed by atoms with Gasteiger partial charge in [0, 0.05) is 25.1 Å². The summed E-state index contributed by atoms with van der Waals surface area (Å²) < 4.78 is 5.28. The van der Waals surface area contributed by atoms with Crippen molar-refractivity contribution in [3.8, 4) is 0 Å². The lowest BCUT2D eigenvalue weighted by Gasteiger charge is -2.19. The van der Waals surface area contributed by atoms with Gasteiger partial charge in [-0.05, 0) is 44.2 Å². The highest BCUT2D eigenvalue weighted by molar-refractivity contribution is 5.91. The molecule has 116 valence electrons. The molecule has 2 aliphatic heterocycles. The van der Waals surface area contributed by atoms with Crippen molar-refractivity contribution in [2.45, 2.75) is 39.0 Å². The minimum Gasteiger partial charge on any atom is -0.351 e. The monoisotopic (exact) mass is 291 g/mol. The zero-order valence-electron chi connectivity index (χ0n) is 13.0. The SMILES string of the molecule is CCC(C)c1cc(C(=O)N2CC[C@@H]3CNC[C@@H]3CC2)on1. The summed E-state index contributed by atoms with van der Waals surface area (Å²) in [6.45, 7) is 8.09. The van der Waals surface area contributed by atoms with E-state index in [0.29, 0.717) is 11.7 Å². The van der Waals surface area contributed by atoms with E-state index in [4.69, 9.17) is 4.52 Å². The van der Waals surface area contributed by atoms with Crippen LogP contribution in [-0.2, 0) is 0 Å². The predicted octanol–water partition coefficient (Wildman–Crippen LogP) is 2.26. The quantitative estimate of drug-likeness (QED) is 0.928. The average Bonchev–Trinajstić information content (AvgIpc) is 3.12. The minimum atomic E-state index is 0.00462. The number of amides is 1. The smallest absolute Gasteiger partial charge is 0.292 e. The van der Waals surface area contributed by atoms with Crippen molar-refractivity contribution in [3.05, 3.63) is 17.5 Å². The van der Waals surface area contributed by atoms with Crippen molar-refractivity contribution in [3.63, 3.8) is 0 Å². The van der Waals surface area contributed by atoms with Gasteiger partial charge in [-0.2, -0.15) is 0 Å². The second kappa shape index (κ2) is 6.18. The van der Waals surface area contributed by atoms with Crippen LogP contribution in [0.1, 0.15) is 55.3 Å². The van der Waals surface area contributed by atoms with Crippen molar-refractivity contribution in [1.29, 1.82) is 0 Å². The molecular formula is C16H25N3O2. The largest absolute Gasteiger partial charge is 0.351 e. The molecule has 0 bridgehead atoms. The molecule has 2 aliphatic rings. The van der Waals surface area contributed by atoms with Gasteiger partial charge in [-0.15, -0.1) is 0 Å². The van der Waals surface area contributed by atoms with E-state index in [-0.39, 0.29) is 5.91 Å². The summed E-state index contributed by atoms with van der Waals surface area (Å²) in [6, 6.07) is 1.82. The Morgan fingerprint density at radius 3 is 2.71 bits per heavy atom. The Kier molecular flexibility index (Phi) is 4.29. The molecule has 0 aromatic carbocycles. The second-order valence-electron chi connectivity index (χ2n) is 6.47. The van der Waals surface area contributed by atoms with Crippen LogP contribution in [0.2, 0.25) is 0 Å². The average molecular weight is 291 g/mol. The van der Waals surface area contributed by atoms with Gasteiger partial charge < -0.3 is 14.7 Å². The molecule has 3 atom stereocenters. The van der Waals surface area contributed by atoms with Gasteiger partial charge in [-0.3, -0.25) is 4.79 Å². The van der Waals surface area contributed by atoms with E-state index in [1.807, 2.05) is 11.0 Å². The number of likely N-dealkylation sites (tertiary alicyclic amines) is 1. The Morgan fingerprint density at radius 2 is 2.10 bits per heavy atom. The molecule has 5 nitrogen and oxygen atoms in total. The summed E-state index contributed by atoms with van der Waals surface area (Å²) in [5.41, 5.74) is 0.886. The number of hydrogen-bond acceptors (Lipinski definition) is 4. The first kappa shape index (κ1) is 14.6. The standard InChI is InChI=1S/C16H25N3O2/c1-3-11(2)14-8-15(21-18-14)16(20)19-6-4-12-9-17-10-13(12)5-7-19/h8,11-13,17H,3-7,9-10H2,1-2H3/t11?,12-,13+. The highest BCUT2D eigenvalue weighted by Gasteiger charge is 2.32. The first-order chi connectivity index (χ1) is 10.2. The molecule has 2 fully saturated rings. The molecule has 0 spiro atoms. The molecule has 1 amide bonds. The lowest BCUT2D eigenvalue weighted by molar-refractivity contribution is 0.0716. The topological polar surface area (TPSA) is 58.4 Å². The van der Waals surface area contributed by atoms with Crippen LogP contribution in [0.5, 0.6) is 0 Å². The molecule has 1 N–H and O–H groups in total. The highest BCUT2D eigenvalue weighted by Crippen LogP contribution is 2.28. The summed E-state index contributed by atoms with van der Waals surface area (Å²) in [5.74, 6) is 2.20. The Bertz CT molecular complexity index is 485. The Balaban J connectivity index is 1.66. The van der Waals surface area contributed by atoms with Gasteiger partial charge in [-0.25, -0.2) is 0 Å². The summed E-state index contributed by atoms with van der Waals surface area (Å²) in [5, 5.41) is 7.51. The maximum Gasteiger partial charge on any atom is 0.292 e. The van der Waals surface area contributed by atoms with Gasteiger partial charge in [0.2, 0.25) is 5.76 Å². The number of rotatable bonds is 3. The van der Waals surface area contributed by atoms with Crippen molar-refractivity contribution >= 4 is 5.91 Å². The first-order valence-electron chi connectivity index (χ1n) is 8.15. The molecule has 0 saturated carbocycles. The predicted molar refractivity (Wildman–Crippen MR) is 80.2 cm³/mol. The molecule has 21 heavy (non-hydrogen) atoms. The molecule has 2 saturated heterocycles. The summed E-state index contributed by atoms with van der Waals surface area (Å²) in [4.78, 5) is 14.5. The van der Waals surface area contributed by atoms with Gasteiger partial charge in [0.05, 0.1) is 5.69 Å². The van der Waals surface area contributed by atoms with E-state index in [0.717, 1.165) is 63.0 Å². The van der Waals surface area contributed by atoms with Gasteiger partial charge in [-0.1, -0.05) is 19.0 Å². The molecule has 0 radical (unpaired) electrons. The van der Waals surface area contributed by atoms with Crippen LogP contribution in [0.3, 0.4) is 0 Å². The molecule has 3 rings (SSSR count). The van der Waals surface area contributed by atoms with Crippen LogP contribution in [0.4, 0.5) is 0 Å². The van der Waals surface area contributed by atoms with Gasteiger partial charge in [0.15, 0.2) is 0 Å². The molecule has 3 heterocycles. The fourth-order valence-corrected chi connectivity index (χ4v) is 3.41.